The molecular weight excluding hydrogens is 312 g/mol. The van der Waals surface area contributed by atoms with Gasteiger partial charge in [0.05, 0.1) is 4.75 Å². The molecule has 0 amide bonds. The van der Waals surface area contributed by atoms with E-state index in [-0.39, 0.29) is 10.5 Å². The molecule has 2 aliphatic rings. The van der Waals surface area contributed by atoms with Gasteiger partial charge in [-0.05, 0) is 31.0 Å². The molecule has 1 unspecified atom stereocenters. The van der Waals surface area contributed by atoms with Crippen molar-refractivity contribution in [1.82, 2.24) is 4.57 Å². The van der Waals surface area contributed by atoms with Gasteiger partial charge >= 0.3 is 5.97 Å². The lowest BCUT2D eigenvalue weighted by molar-refractivity contribution is -0.139. The molecule has 1 atom stereocenters. The summed E-state index contributed by atoms with van der Waals surface area (Å²) in [5.41, 5.74) is 0. The smallest absolute Gasteiger partial charge is 0.330 e. The number of hydrogen-bond acceptors (Lipinski definition) is 4. The van der Waals surface area contributed by atoms with Gasteiger partial charge < -0.3 is 14.8 Å². The number of benzene rings is 1. The fraction of sp³-hybridized carbons (Fsp3) is 0.412. The number of carboxylic acid groups (broad SMARTS) is 1. The monoisotopic (exact) mass is 330 g/mol. The Morgan fingerprint density at radius 3 is 2.70 bits per heavy atom. The molecule has 120 valence electrons. The molecule has 2 heterocycles. The Hall–Kier alpha value is -1.95. The number of phenols is 1. The summed E-state index contributed by atoms with van der Waals surface area (Å²) in [5, 5.41) is 21.9. The number of carboxylic acids is 1. The van der Waals surface area contributed by atoms with Crippen LogP contribution in [0.25, 0.3) is 10.8 Å². The normalized spacial score (nSPS) is 23.3. The number of nitrogens with zero attached hydrogens (tertiary/aromatic N) is 2. The molecule has 1 aromatic heterocycles. The van der Waals surface area contributed by atoms with Gasteiger partial charge in [-0.2, -0.15) is 0 Å². The van der Waals surface area contributed by atoms with E-state index in [2.05, 4.69) is 4.99 Å². The van der Waals surface area contributed by atoms with Crippen LogP contribution in [0.5, 0.6) is 5.75 Å². The highest BCUT2D eigenvalue weighted by Crippen LogP contribution is 2.48. The number of aliphatic imine (C=N–C) groups is 1. The summed E-state index contributed by atoms with van der Waals surface area (Å²) in [6.07, 6.45) is 8.98. The van der Waals surface area contributed by atoms with Crippen molar-refractivity contribution in [3.05, 3.63) is 30.6 Å². The number of aromatic nitrogens is 1. The second-order valence-corrected chi connectivity index (χ2v) is 7.74. The molecule has 1 spiro atoms. The van der Waals surface area contributed by atoms with E-state index in [4.69, 9.17) is 0 Å². The molecular formula is C17H18N2O3S. The summed E-state index contributed by atoms with van der Waals surface area (Å²) < 4.78 is 1.60. The van der Waals surface area contributed by atoms with Crippen molar-refractivity contribution in [2.24, 2.45) is 4.99 Å². The first kappa shape index (κ1) is 14.6. The van der Waals surface area contributed by atoms with E-state index in [1.165, 1.54) is 6.42 Å². The minimum atomic E-state index is -0.830. The summed E-state index contributed by atoms with van der Waals surface area (Å²) >= 11 is 1.61. The molecule has 6 heteroatoms. The van der Waals surface area contributed by atoms with Crippen molar-refractivity contribution >= 4 is 33.7 Å². The predicted octanol–water partition coefficient (Wildman–Crippen LogP) is 3.45. The van der Waals surface area contributed by atoms with E-state index >= 15 is 0 Å². The maximum atomic E-state index is 11.7. The van der Waals surface area contributed by atoms with Gasteiger partial charge in [-0.25, -0.2) is 9.79 Å². The van der Waals surface area contributed by atoms with Crippen LogP contribution in [-0.4, -0.2) is 36.7 Å². The number of hydrogen-bond donors (Lipinski definition) is 2. The Balaban J connectivity index is 1.72. The van der Waals surface area contributed by atoms with E-state index in [0.717, 1.165) is 41.6 Å². The maximum Gasteiger partial charge on any atom is 0.330 e. The molecule has 2 aromatic rings. The fourth-order valence-corrected chi connectivity index (χ4v) is 5.15. The van der Waals surface area contributed by atoms with Gasteiger partial charge in [-0.3, -0.25) is 0 Å². The van der Waals surface area contributed by atoms with Gasteiger partial charge in [-0.15, -0.1) is 0 Å². The zero-order valence-corrected chi connectivity index (χ0v) is 13.4. The molecule has 1 aliphatic carbocycles. The molecule has 5 nitrogen and oxygen atoms in total. The van der Waals surface area contributed by atoms with Crippen LogP contribution in [-0.2, 0) is 4.79 Å². The van der Waals surface area contributed by atoms with Crippen LogP contribution in [0.4, 0.5) is 0 Å². The van der Waals surface area contributed by atoms with E-state index in [0.29, 0.717) is 0 Å². The number of aromatic hydroxyl groups is 1. The van der Waals surface area contributed by atoms with E-state index < -0.39 is 12.0 Å². The van der Waals surface area contributed by atoms with Crippen molar-refractivity contribution in [2.75, 3.05) is 0 Å². The molecule has 0 bridgehead atoms. The fourth-order valence-electron chi connectivity index (χ4n) is 3.66. The number of thioether (sulfide) groups is 1. The first-order valence-electron chi connectivity index (χ1n) is 7.88. The lowest BCUT2D eigenvalue weighted by Crippen LogP contribution is -2.42. The summed E-state index contributed by atoms with van der Waals surface area (Å²) in [4.78, 5) is 16.2. The van der Waals surface area contributed by atoms with Gasteiger partial charge in [-0.1, -0.05) is 31.0 Å². The Kier molecular flexibility index (Phi) is 3.37. The highest BCUT2D eigenvalue weighted by atomic mass is 32.2. The standard InChI is InChI=1S/C17H18N2O3S/c20-13-5-4-11-9-19(10-12(11)8-13)16-18-14(15(21)22)17(23-16)6-2-1-3-7-17/h4-5,8-10,14,20H,1-3,6-7H2,(H,21,22). The Labute approximate surface area is 138 Å². The highest BCUT2D eigenvalue weighted by Gasteiger charge is 2.50. The van der Waals surface area contributed by atoms with E-state index in [1.54, 1.807) is 23.9 Å². The number of carbonyl (C=O) groups is 1. The second kappa shape index (κ2) is 5.30. The largest absolute Gasteiger partial charge is 0.508 e. The number of phenolic OH excluding ortho intramolecular Hbond substituents is 1. The van der Waals surface area contributed by atoms with Crippen LogP contribution in [0.15, 0.2) is 35.6 Å². The Morgan fingerprint density at radius 2 is 1.96 bits per heavy atom. The molecule has 1 fully saturated rings. The van der Waals surface area contributed by atoms with Crippen molar-refractivity contribution in [2.45, 2.75) is 42.9 Å². The zero-order valence-electron chi connectivity index (χ0n) is 12.6. The SMILES string of the molecule is O=C(O)C1N=C(n2cc3ccc(O)cc3c2)SC12CCCCC2. The van der Waals surface area contributed by atoms with Gasteiger partial charge in [0.2, 0.25) is 0 Å². The zero-order chi connectivity index (χ0) is 16.0. The van der Waals surface area contributed by atoms with Gasteiger partial charge in [0.25, 0.3) is 0 Å². The quantitative estimate of drug-likeness (QED) is 0.840. The third-order valence-electron chi connectivity index (χ3n) is 4.81. The average molecular weight is 330 g/mol. The molecule has 0 radical (unpaired) electrons. The number of fused-ring (bicyclic) bond motifs is 1. The average Bonchev–Trinajstić information content (AvgIpc) is 3.09. The summed E-state index contributed by atoms with van der Waals surface area (Å²) in [6, 6.07) is 4.55. The first-order valence-corrected chi connectivity index (χ1v) is 8.70. The van der Waals surface area contributed by atoms with Crippen molar-refractivity contribution in [1.29, 1.82) is 0 Å². The maximum absolute atomic E-state index is 11.7. The summed E-state index contributed by atoms with van der Waals surface area (Å²) in [6.45, 7) is 0. The molecule has 23 heavy (non-hydrogen) atoms. The minimum Gasteiger partial charge on any atom is -0.508 e. The van der Waals surface area contributed by atoms with Gasteiger partial charge in [0.15, 0.2) is 11.2 Å². The summed E-state index contributed by atoms with van der Waals surface area (Å²) in [5.74, 6) is -0.604. The topological polar surface area (TPSA) is 74.8 Å². The second-order valence-electron chi connectivity index (χ2n) is 6.36. The molecule has 2 N–H and O–H groups in total. The number of aliphatic carboxylic acids is 1. The van der Waals surface area contributed by atoms with Crippen LogP contribution in [0, 0.1) is 0 Å². The van der Waals surface area contributed by atoms with Crippen LogP contribution in [0.1, 0.15) is 32.1 Å². The highest BCUT2D eigenvalue weighted by molar-refractivity contribution is 8.15. The Morgan fingerprint density at radius 1 is 1.22 bits per heavy atom. The lowest BCUT2D eigenvalue weighted by atomic mass is 9.83. The van der Waals surface area contributed by atoms with Crippen molar-refractivity contribution in [3.63, 3.8) is 0 Å². The van der Waals surface area contributed by atoms with Crippen LogP contribution >= 0.6 is 11.8 Å². The summed E-state index contributed by atoms with van der Waals surface area (Å²) in [7, 11) is 0. The third kappa shape index (κ3) is 2.41. The van der Waals surface area contributed by atoms with Crippen molar-refractivity contribution in [3.8, 4) is 5.75 Å². The van der Waals surface area contributed by atoms with Crippen LogP contribution in [0.2, 0.25) is 0 Å². The van der Waals surface area contributed by atoms with E-state index in [9.17, 15) is 15.0 Å². The molecule has 1 aromatic carbocycles. The third-order valence-corrected chi connectivity index (χ3v) is 6.35. The van der Waals surface area contributed by atoms with Gasteiger partial charge in [0, 0.05) is 23.2 Å². The van der Waals surface area contributed by atoms with Gasteiger partial charge in [0.1, 0.15) is 5.75 Å². The minimum absolute atomic E-state index is 0.225. The molecule has 1 aliphatic heterocycles. The predicted molar refractivity (Wildman–Crippen MR) is 91.3 cm³/mol. The lowest BCUT2D eigenvalue weighted by Gasteiger charge is -2.34. The van der Waals surface area contributed by atoms with E-state index in [1.807, 2.05) is 23.0 Å². The first-order chi connectivity index (χ1) is 11.1. The number of rotatable bonds is 1. The Bertz CT molecular complexity index is 805. The molecule has 4 rings (SSSR count). The molecule has 0 saturated heterocycles. The van der Waals surface area contributed by atoms with Crippen molar-refractivity contribution < 1.29 is 15.0 Å². The van der Waals surface area contributed by atoms with Crippen LogP contribution < -0.4 is 0 Å². The van der Waals surface area contributed by atoms with Crippen LogP contribution in [0.3, 0.4) is 0 Å². The molecule has 1 saturated carbocycles.